The van der Waals surface area contributed by atoms with Crippen molar-refractivity contribution in [3.8, 4) is 22.8 Å². The first-order valence-corrected chi connectivity index (χ1v) is 13.8. The number of pyridine rings is 1. The zero-order valence-corrected chi connectivity index (χ0v) is 24.3. The van der Waals surface area contributed by atoms with E-state index in [1.807, 2.05) is 11.6 Å². The minimum absolute atomic E-state index is 0.0544. The van der Waals surface area contributed by atoms with E-state index in [4.69, 9.17) is 7.48 Å². The second kappa shape index (κ2) is 8.30. The average molecular weight is 505 g/mol. The molecule has 0 saturated heterocycles. The number of nitrogens with zero attached hydrogens (tertiary/aromatic N) is 1. The van der Waals surface area contributed by atoms with Gasteiger partial charge < -0.3 is 4.74 Å². The number of ether oxygens (including phenoxy) is 1. The van der Waals surface area contributed by atoms with Crippen LogP contribution >= 0.6 is 0 Å². The first kappa shape index (κ1) is 22.6. The van der Waals surface area contributed by atoms with Crippen molar-refractivity contribution in [2.45, 2.75) is 68.2 Å². The standard InChI is InChI=1S/C36H40NO/c1-21-10-12-26-28(16-21)22(2)31-33-32-27(14-15-37(33)9)25-13-11-23(19-35(3,4)5)17-24(25)18-30(32)38-34(31)29(26)20-36(6,7)8/h10-18H,19-20H2,1-9H3/q+1/i14D,15D. The molecule has 0 saturated carbocycles. The summed E-state index contributed by atoms with van der Waals surface area (Å²) in [7, 11) is 1.92. The highest BCUT2D eigenvalue weighted by atomic mass is 16.5. The molecule has 2 nitrogen and oxygen atoms in total. The molecule has 2 heteroatoms. The molecular weight excluding hydrogens is 462 g/mol. The molecule has 0 radical (unpaired) electrons. The summed E-state index contributed by atoms with van der Waals surface area (Å²) in [5.74, 6) is 1.68. The van der Waals surface area contributed by atoms with Crippen LogP contribution in [0.15, 0.2) is 54.7 Å². The third-order valence-electron chi connectivity index (χ3n) is 7.76. The number of fused-ring (bicyclic) bond motifs is 5. The molecule has 0 spiro atoms. The highest BCUT2D eigenvalue weighted by Crippen LogP contribution is 2.52. The SMILES string of the molecule is [2H]c1c([2H])[n+](C)c2c3c(cc4cc(CC(C)(C)C)ccc4c13)Oc1c-2c(C)c2cc(C)ccc2c1CC(C)(C)C. The number of hydrogen-bond donors (Lipinski definition) is 0. The van der Waals surface area contributed by atoms with Crippen LogP contribution in [0.2, 0.25) is 0 Å². The number of aromatic nitrogens is 1. The van der Waals surface area contributed by atoms with Crippen LogP contribution in [0.3, 0.4) is 0 Å². The molecular formula is C36H40NO+. The Morgan fingerprint density at radius 2 is 1.53 bits per heavy atom. The second-order valence-electron chi connectivity index (χ2n) is 13.8. The lowest BCUT2D eigenvalue weighted by Crippen LogP contribution is -2.32. The van der Waals surface area contributed by atoms with Crippen molar-refractivity contribution < 1.29 is 12.0 Å². The lowest BCUT2D eigenvalue weighted by atomic mass is 9.81. The van der Waals surface area contributed by atoms with Crippen molar-refractivity contribution in [3.63, 3.8) is 0 Å². The number of rotatable bonds is 2. The van der Waals surface area contributed by atoms with Crippen LogP contribution in [0.4, 0.5) is 0 Å². The summed E-state index contributed by atoms with van der Waals surface area (Å²) in [4.78, 5) is 0. The molecule has 1 aromatic heterocycles. The number of hydrogen-bond acceptors (Lipinski definition) is 1. The largest absolute Gasteiger partial charge is 0.455 e. The van der Waals surface area contributed by atoms with Gasteiger partial charge in [-0.05, 0) is 76.3 Å². The van der Waals surface area contributed by atoms with Gasteiger partial charge in [0, 0.05) is 17.0 Å². The van der Waals surface area contributed by atoms with Gasteiger partial charge in [0.2, 0.25) is 5.69 Å². The maximum absolute atomic E-state index is 9.09. The number of benzene rings is 4. The summed E-state index contributed by atoms with van der Waals surface area (Å²) in [6, 6.07) is 15.7. The molecule has 5 aromatic rings. The molecule has 2 heterocycles. The molecule has 6 rings (SSSR count). The Hall–Kier alpha value is -3.39. The predicted molar refractivity (Wildman–Crippen MR) is 161 cm³/mol. The fraction of sp³-hybridized carbons (Fsp3) is 0.361. The predicted octanol–water partition coefficient (Wildman–Crippen LogP) is 9.54. The highest BCUT2D eigenvalue weighted by molar-refractivity contribution is 6.16. The van der Waals surface area contributed by atoms with Gasteiger partial charge >= 0.3 is 0 Å². The van der Waals surface area contributed by atoms with Gasteiger partial charge in [-0.15, -0.1) is 0 Å². The first-order chi connectivity index (χ1) is 18.6. The molecule has 194 valence electrons. The minimum Gasteiger partial charge on any atom is -0.455 e. The Kier molecular flexibility index (Phi) is 4.93. The van der Waals surface area contributed by atoms with E-state index < -0.39 is 0 Å². The molecule has 0 atom stereocenters. The summed E-state index contributed by atoms with van der Waals surface area (Å²) in [5, 5.41) is 6.27. The molecule has 0 aliphatic carbocycles. The summed E-state index contributed by atoms with van der Waals surface area (Å²) >= 11 is 0. The Labute approximate surface area is 230 Å². The van der Waals surface area contributed by atoms with E-state index in [0.717, 1.165) is 62.7 Å². The smallest absolute Gasteiger partial charge is 0.228 e. The fourth-order valence-electron chi connectivity index (χ4n) is 6.28. The van der Waals surface area contributed by atoms with E-state index in [9.17, 15) is 0 Å². The summed E-state index contributed by atoms with van der Waals surface area (Å²) in [6.07, 6.45) is 2.05. The van der Waals surface area contributed by atoms with Crippen molar-refractivity contribution in [3.05, 3.63) is 76.9 Å². The Morgan fingerprint density at radius 3 is 2.24 bits per heavy atom. The van der Waals surface area contributed by atoms with Crippen molar-refractivity contribution >= 4 is 32.3 Å². The van der Waals surface area contributed by atoms with Crippen LogP contribution in [0, 0.1) is 24.7 Å². The quantitative estimate of drug-likeness (QED) is 0.169. The van der Waals surface area contributed by atoms with Gasteiger partial charge in [0.05, 0.1) is 12.3 Å². The zero-order valence-electron chi connectivity index (χ0n) is 26.3. The van der Waals surface area contributed by atoms with Crippen LogP contribution in [0.5, 0.6) is 11.5 Å². The molecule has 0 N–H and O–H groups in total. The second-order valence-corrected chi connectivity index (χ2v) is 13.8. The Bertz CT molecular complexity index is 1890. The maximum Gasteiger partial charge on any atom is 0.228 e. The molecule has 4 aromatic carbocycles. The van der Waals surface area contributed by atoms with Crippen molar-refractivity contribution in [2.75, 3.05) is 0 Å². The van der Waals surface area contributed by atoms with Crippen LogP contribution in [0.1, 0.15) is 66.5 Å². The zero-order chi connectivity index (χ0) is 28.9. The average Bonchev–Trinajstić information content (AvgIpc) is 2.85. The molecule has 0 unspecified atom stereocenters. The molecule has 1 aliphatic heterocycles. The first-order valence-electron chi connectivity index (χ1n) is 14.8. The van der Waals surface area contributed by atoms with Crippen LogP contribution in [0.25, 0.3) is 43.6 Å². The van der Waals surface area contributed by atoms with Crippen LogP contribution in [-0.2, 0) is 19.9 Å². The Balaban J connectivity index is 1.78. The maximum atomic E-state index is 9.09. The Morgan fingerprint density at radius 1 is 0.816 bits per heavy atom. The molecule has 0 bridgehead atoms. The molecule has 0 fully saturated rings. The van der Waals surface area contributed by atoms with Gasteiger partial charge in [-0.2, -0.15) is 0 Å². The lowest BCUT2D eigenvalue weighted by Gasteiger charge is -2.28. The van der Waals surface area contributed by atoms with E-state index >= 15 is 0 Å². The van der Waals surface area contributed by atoms with Gasteiger partial charge in [-0.3, -0.25) is 0 Å². The molecule has 1 aliphatic rings. The fourth-order valence-corrected chi connectivity index (χ4v) is 6.28. The lowest BCUT2D eigenvalue weighted by molar-refractivity contribution is -0.659. The van der Waals surface area contributed by atoms with E-state index in [2.05, 4.69) is 97.9 Å². The van der Waals surface area contributed by atoms with Gasteiger partial charge in [0.15, 0.2) is 6.17 Å². The van der Waals surface area contributed by atoms with Gasteiger partial charge in [-0.25, -0.2) is 4.57 Å². The topological polar surface area (TPSA) is 13.1 Å². The van der Waals surface area contributed by atoms with Crippen LogP contribution in [-0.4, -0.2) is 0 Å². The van der Waals surface area contributed by atoms with Crippen molar-refractivity contribution in [2.24, 2.45) is 17.9 Å². The van der Waals surface area contributed by atoms with E-state index in [1.165, 1.54) is 27.5 Å². The van der Waals surface area contributed by atoms with Crippen molar-refractivity contribution in [1.29, 1.82) is 0 Å². The highest BCUT2D eigenvalue weighted by Gasteiger charge is 2.34. The summed E-state index contributed by atoms with van der Waals surface area (Å²) in [5.41, 5.74) is 7.12. The summed E-state index contributed by atoms with van der Waals surface area (Å²) < 4.78 is 27.0. The summed E-state index contributed by atoms with van der Waals surface area (Å²) in [6.45, 7) is 17.9. The van der Waals surface area contributed by atoms with Gasteiger partial charge in [0.25, 0.3) is 0 Å². The third kappa shape index (κ3) is 4.06. The monoisotopic (exact) mass is 504 g/mol. The van der Waals surface area contributed by atoms with Crippen LogP contribution < -0.4 is 9.30 Å². The minimum atomic E-state index is 0.0544. The van der Waals surface area contributed by atoms with Gasteiger partial charge in [0.1, 0.15) is 19.9 Å². The van der Waals surface area contributed by atoms with E-state index in [1.54, 1.807) is 0 Å². The molecule has 38 heavy (non-hydrogen) atoms. The van der Waals surface area contributed by atoms with E-state index in [0.29, 0.717) is 0 Å². The molecule has 0 amide bonds. The van der Waals surface area contributed by atoms with Crippen molar-refractivity contribution in [1.82, 2.24) is 0 Å². The van der Waals surface area contributed by atoms with Gasteiger partial charge in [-0.1, -0.05) is 83.5 Å². The normalized spacial score (nSPS) is 14.0. The third-order valence-corrected chi connectivity index (χ3v) is 7.76. The number of aryl methyl sites for hydroxylation is 2. The van der Waals surface area contributed by atoms with E-state index in [-0.39, 0.29) is 23.0 Å².